The number of hydrogen-bond acceptors (Lipinski definition) is 3. The topological polar surface area (TPSA) is 44.1 Å². The van der Waals surface area contributed by atoms with Crippen molar-refractivity contribution in [1.82, 2.24) is 4.90 Å². The lowest BCUT2D eigenvalue weighted by molar-refractivity contribution is 0.0761. The molecule has 2 aromatic carbocycles. The second-order valence-corrected chi connectivity index (χ2v) is 6.52. The van der Waals surface area contributed by atoms with Crippen LogP contribution in [0.15, 0.2) is 54.6 Å². The van der Waals surface area contributed by atoms with Crippen LogP contribution in [0, 0.1) is 11.3 Å². The lowest BCUT2D eigenvalue weighted by Crippen LogP contribution is -2.39. The summed E-state index contributed by atoms with van der Waals surface area (Å²) in [6.07, 6.45) is 0. The molecule has 4 heteroatoms. The van der Waals surface area contributed by atoms with Gasteiger partial charge in [-0.1, -0.05) is 36.4 Å². The molecule has 1 saturated heterocycles. The van der Waals surface area contributed by atoms with E-state index in [9.17, 15) is 4.79 Å². The monoisotopic (exact) mass is 308 g/mol. The van der Waals surface area contributed by atoms with Crippen LogP contribution in [0.5, 0.6) is 0 Å². The zero-order chi connectivity index (χ0) is 15.4. The fourth-order valence-corrected chi connectivity index (χ4v) is 3.85. The molecule has 1 heterocycles. The predicted molar refractivity (Wildman–Crippen MR) is 88.7 cm³/mol. The largest absolute Gasteiger partial charge is 0.336 e. The van der Waals surface area contributed by atoms with Gasteiger partial charge in [0.1, 0.15) is 0 Å². The smallest absolute Gasteiger partial charge is 0.253 e. The van der Waals surface area contributed by atoms with E-state index in [1.165, 1.54) is 5.56 Å². The quantitative estimate of drug-likeness (QED) is 0.853. The summed E-state index contributed by atoms with van der Waals surface area (Å²) in [5.41, 5.74) is 2.38. The lowest BCUT2D eigenvalue weighted by atomic mass is 10.1. The maximum atomic E-state index is 12.7. The van der Waals surface area contributed by atoms with E-state index in [2.05, 4.69) is 18.2 Å². The molecule has 0 saturated carbocycles. The minimum atomic E-state index is 0.0123. The van der Waals surface area contributed by atoms with Gasteiger partial charge in [0.2, 0.25) is 0 Å². The third-order valence-electron chi connectivity index (χ3n) is 3.76. The minimum absolute atomic E-state index is 0.0123. The van der Waals surface area contributed by atoms with E-state index >= 15 is 0 Å². The minimum Gasteiger partial charge on any atom is -0.336 e. The standard InChI is InChI=1S/C18H16N2OS/c19-12-14-5-4-8-16(11-14)18(21)20-9-10-22-17(13-20)15-6-2-1-3-7-15/h1-8,11,17H,9-10,13H2. The average Bonchev–Trinajstić information content (AvgIpc) is 2.62. The summed E-state index contributed by atoms with van der Waals surface area (Å²) in [5, 5.41) is 9.28. The zero-order valence-electron chi connectivity index (χ0n) is 12.1. The lowest BCUT2D eigenvalue weighted by Gasteiger charge is -2.32. The molecule has 1 aliphatic rings. The molecule has 3 nitrogen and oxygen atoms in total. The van der Waals surface area contributed by atoms with Crippen molar-refractivity contribution in [2.45, 2.75) is 5.25 Å². The van der Waals surface area contributed by atoms with Crippen molar-refractivity contribution in [3.05, 3.63) is 71.3 Å². The van der Waals surface area contributed by atoms with Crippen LogP contribution in [0.4, 0.5) is 0 Å². The molecule has 22 heavy (non-hydrogen) atoms. The van der Waals surface area contributed by atoms with Gasteiger partial charge < -0.3 is 4.90 Å². The Morgan fingerprint density at radius 2 is 2.00 bits per heavy atom. The van der Waals surface area contributed by atoms with Gasteiger partial charge in [0.15, 0.2) is 0 Å². The molecule has 2 aromatic rings. The first kappa shape index (κ1) is 14.7. The van der Waals surface area contributed by atoms with Crippen molar-refractivity contribution < 1.29 is 4.79 Å². The summed E-state index contributed by atoms with van der Waals surface area (Å²) in [7, 11) is 0. The van der Waals surface area contributed by atoms with Gasteiger partial charge in [0.25, 0.3) is 5.91 Å². The number of benzene rings is 2. The number of carbonyl (C=O) groups is 1. The molecule has 1 unspecified atom stereocenters. The third-order valence-corrected chi connectivity index (χ3v) is 5.01. The van der Waals surface area contributed by atoms with E-state index in [1.54, 1.807) is 24.3 Å². The molecule has 3 rings (SSSR count). The van der Waals surface area contributed by atoms with Crippen LogP contribution in [-0.2, 0) is 0 Å². The molecule has 0 spiro atoms. The molecule has 0 radical (unpaired) electrons. The molecular formula is C18H16N2OS. The first-order valence-electron chi connectivity index (χ1n) is 7.24. The van der Waals surface area contributed by atoms with Gasteiger partial charge in [-0.25, -0.2) is 0 Å². The van der Waals surface area contributed by atoms with Crippen LogP contribution >= 0.6 is 11.8 Å². The second kappa shape index (κ2) is 6.67. The summed E-state index contributed by atoms with van der Waals surface area (Å²) in [5.74, 6) is 0.946. The van der Waals surface area contributed by atoms with Crippen molar-refractivity contribution in [1.29, 1.82) is 5.26 Å². The van der Waals surface area contributed by atoms with E-state index in [0.717, 1.165) is 12.3 Å². The fraction of sp³-hybridized carbons (Fsp3) is 0.222. The average molecular weight is 308 g/mol. The molecular weight excluding hydrogens is 292 g/mol. The van der Waals surface area contributed by atoms with Gasteiger partial charge in [-0.05, 0) is 23.8 Å². The summed E-state index contributed by atoms with van der Waals surface area (Å²) < 4.78 is 0. The molecule has 110 valence electrons. The van der Waals surface area contributed by atoms with Crippen LogP contribution in [0.2, 0.25) is 0 Å². The Hall–Kier alpha value is -2.25. The van der Waals surface area contributed by atoms with Crippen LogP contribution in [0.3, 0.4) is 0 Å². The van der Waals surface area contributed by atoms with Crippen LogP contribution in [0.25, 0.3) is 0 Å². The maximum Gasteiger partial charge on any atom is 0.253 e. The zero-order valence-corrected chi connectivity index (χ0v) is 12.9. The van der Waals surface area contributed by atoms with Gasteiger partial charge in [-0.15, -0.1) is 0 Å². The number of rotatable bonds is 2. The normalized spacial score (nSPS) is 17.8. The molecule has 0 bridgehead atoms. The number of nitriles is 1. The van der Waals surface area contributed by atoms with Crippen LogP contribution in [0.1, 0.15) is 26.7 Å². The number of nitrogens with zero attached hydrogens (tertiary/aromatic N) is 2. The van der Waals surface area contributed by atoms with Crippen molar-refractivity contribution >= 4 is 17.7 Å². The molecule has 1 fully saturated rings. The maximum absolute atomic E-state index is 12.7. The summed E-state index contributed by atoms with van der Waals surface area (Å²) in [6.45, 7) is 1.47. The highest BCUT2D eigenvalue weighted by atomic mass is 32.2. The number of amides is 1. The Kier molecular flexibility index (Phi) is 4.45. The fourth-order valence-electron chi connectivity index (χ4n) is 2.61. The van der Waals surface area contributed by atoms with Crippen LogP contribution < -0.4 is 0 Å². The van der Waals surface area contributed by atoms with Gasteiger partial charge in [0.05, 0.1) is 11.6 Å². The Bertz CT molecular complexity index is 709. The van der Waals surface area contributed by atoms with E-state index in [1.807, 2.05) is 34.9 Å². The summed E-state index contributed by atoms with van der Waals surface area (Å²) in [4.78, 5) is 14.5. The van der Waals surface area contributed by atoms with E-state index in [4.69, 9.17) is 5.26 Å². The van der Waals surface area contributed by atoms with E-state index in [0.29, 0.717) is 22.9 Å². The predicted octanol–water partition coefficient (Wildman–Crippen LogP) is 3.49. The molecule has 1 aliphatic heterocycles. The van der Waals surface area contributed by atoms with Gasteiger partial charge in [-0.2, -0.15) is 17.0 Å². The molecule has 0 aliphatic carbocycles. The summed E-state index contributed by atoms with van der Waals surface area (Å²) in [6, 6.07) is 19.3. The highest BCUT2D eigenvalue weighted by Crippen LogP contribution is 2.33. The van der Waals surface area contributed by atoms with Crippen LogP contribution in [-0.4, -0.2) is 29.6 Å². The first-order valence-corrected chi connectivity index (χ1v) is 8.29. The molecule has 1 atom stereocenters. The first-order chi connectivity index (χ1) is 10.8. The Labute approximate surface area is 134 Å². The highest BCUT2D eigenvalue weighted by molar-refractivity contribution is 7.99. The Balaban J connectivity index is 1.77. The number of hydrogen-bond donors (Lipinski definition) is 0. The van der Waals surface area contributed by atoms with Crippen molar-refractivity contribution in [2.24, 2.45) is 0 Å². The number of thioether (sulfide) groups is 1. The highest BCUT2D eigenvalue weighted by Gasteiger charge is 2.25. The van der Waals surface area contributed by atoms with Gasteiger partial charge >= 0.3 is 0 Å². The third kappa shape index (κ3) is 3.15. The van der Waals surface area contributed by atoms with Crippen molar-refractivity contribution in [3.8, 4) is 6.07 Å². The van der Waals surface area contributed by atoms with E-state index in [-0.39, 0.29) is 5.91 Å². The Morgan fingerprint density at radius 1 is 1.18 bits per heavy atom. The molecule has 0 N–H and O–H groups in total. The molecule has 0 aromatic heterocycles. The van der Waals surface area contributed by atoms with Gasteiger partial charge in [0, 0.05) is 29.7 Å². The Morgan fingerprint density at radius 3 is 2.77 bits per heavy atom. The van der Waals surface area contributed by atoms with Crippen molar-refractivity contribution in [3.63, 3.8) is 0 Å². The van der Waals surface area contributed by atoms with E-state index < -0.39 is 0 Å². The van der Waals surface area contributed by atoms with Crippen molar-refractivity contribution in [2.75, 3.05) is 18.8 Å². The molecule has 1 amide bonds. The van der Waals surface area contributed by atoms with Gasteiger partial charge in [-0.3, -0.25) is 4.79 Å². The summed E-state index contributed by atoms with van der Waals surface area (Å²) >= 11 is 1.89. The second-order valence-electron chi connectivity index (χ2n) is 5.21. The number of carbonyl (C=O) groups excluding carboxylic acids is 1. The SMILES string of the molecule is N#Cc1cccc(C(=O)N2CCSC(c3ccccc3)C2)c1.